The standard InChI is InChI=1S/C14H25N3O/c1-10(2)12(15)14-16-13(17-18-14)11-8-6-4-3-5-7-9-11/h10-12H,3-9,15H2,1-2H3. The Hall–Kier alpha value is -0.900. The third-order valence-electron chi connectivity index (χ3n) is 3.93. The number of nitrogens with two attached hydrogens (primary N) is 1. The van der Waals surface area contributed by atoms with Gasteiger partial charge < -0.3 is 10.3 Å². The number of nitrogens with zero attached hydrogens (tertiary/aromatic N) is 2. The van der Waals surface area contributed by atoms with Crippen LogP contribution in [0.2, 0.25) is 0 Å². The first-order valence-electron chi connectivity index (χ1n) is 7.27. The molecule has 1 aromatic heterocycles. The molecule has 0 aliphatic heterocycles. The summed E-state index contributed by atoms with van der Waals surface area (Å²) in [5.41, 5.74) is 6.04. The molecule has 1 fully saturated rings. The van der Waals surface area contributed by atoms with Gasteiger partial charge in [-0.1, -0.05) is 51.1 Å². The van der Waals surface area contributed by atoms with Gasteiger partial charge in [0.25, 0.3) is 0 Å². The van der Waals surface area contributed by atoms with E-state index in [1.54, 1.807) is 0 Å². The molecule has 1 saturated carbocycles. The van der Waals surface area contributed by atoms with Gasteiger partial charge in [-0.3, -0.25) is 0 Å². The molecule has 1 unspecified atom stereocenters. The lowest BCUT2D eigenvalue weighted by molar-refractivity contribution is 0.318. The van der Waals surface area contributed by atoms with Crippen molar-refractivity contribution in [2.24, 2.45) is 11.7 Å². The Kier molecular flexibility index (Phi) is 4.75. The Balaban J connectivity index is 2.03. The Morgan fingerprint density at radius 3 is 2.33 bits per heavy atom. The molecule has 0 spiro atoms. The van der Waals surface area contributed by atoms with Crippen molar-refractivity contribution in [3.63, 3.8) is 0 Å². The first-order chi connectivity index (χ1) is 8.68. The third kappa shape index (κ3) is 3.31. The Bertz CT molecular complexity index is 354. The minimum atomic E-state index is -0.139. The van der Waals surface area contributed by atoms with Crippen molar-refractivity contribution in [2.45, 2.75) is 70.8 Å². The molecule has 4 nitrogen and oxygen atoms in total. The average Bonchev–Trinajstić information content (AvgIpc) is 2.76. The molecule has 2 rings (SSSR count). The molecule has 1 aliphatic carbocycles. The van der Waals surface area contributed by atoms with Crippen LogP contribution in [0.3, 0.4) is 0 Å². The fourth-order valence-corrected chi connectivity index (χ4v) is 2.55. The largest absolute Gasteiger partial charge is 0.338 e. The predicted octanol–water partition coefficient (Wildman–Crippen LogP) is 3.55. The van der Waals surface area contributed by atoms with Gasteiger partial charge in [-0.2, -0.15) is 4.98 Å². The zero-order chi connectivity index (χ0) is 13.0. The van der Waals surface area contributed by atoms with Gasteiger partial charge in [0.05, 0.1) is 6.04 Å². The average molecular weight is 251 g/mol. The first-order valence-corrected chi connectivity index (χ1v) is 7.27. The molecule has 0 saturated heterocycles. The quantitative estimate of drug-likeness (QED) is 0.892. The molecule has 0 bridgehead atoms. The van der Waals surface area contributed by atoms with Crippen LogP contribution in [-0.4, -0.2) is 10.1 Å². The molecule has 0 radical (unpaired) electrons. The highest BCUT2D eigenvalue weighted by atomic mass is 16.5. The molecule has 1 atom stereocenters. The summed E-state index contributed by atoms with van der Waals surface area (Å²) in [6.07, 6.45) is 9.00. The summed E-state index contributed by atoms with van der Waals surface area (Å²) in [4.78, 5) is 4.52. The van der Waals surface area contributed by atoms with Crippen molar-refractivity contribution < 1.29 is 4.52 Å². The minimum absolute atomic E-state index is 0.139. The molecule has 1 heterocycles. The van der Waals surface area contributed by atoms with Crippen molar-refractivity contribution in [1.29, 1.82) is 0 Å². The minimum Gasteiger partial charge on any atom is -0.338 e. The molecular formula is C14H25N3O. The summed E-state index contributed by atoms with van der Waals surface area (Å²) in [5, 5.41) is 4.15. The fraction of sp³-hybridized carbons (Fsp3) is 0.857. The van der Waals surface area contributed by atoms with Gasteiger partial charge >= 0.3 is 0 Å². The van der Waals surface area contributed by atoms with E-state index in [-0.39, 0.29) is 6.04 Å². The van der Waals surface area contributed by atoms with Crippen LogP contribution in [0.1, 0.15) is 82.5 Å². The zero-order valence-electron chi connectivity index (χ0n) is 11.6. The highest BCUT2D eigenvalue weighted by molar-refractivity contribution is 4.99. The molecule has 0 amide bonds. The van der Waals surface area contributed by atoms with Crippen LogP contribution in [0.25, 0.3) is 0 Å². The Labute approximate surface area is 109 Å². The second kappa shape index (κ2) is 6.32. The fourth-order valence-electron chi connectivity index (χ4n) is 2.55. The molecule has 2 N–H and O–H groups in total. The van der Waals surface area contributed by atoms with E-state index in [1.165, 1.54) is 44.9 Å². The van der Waals surface area contributed by atoms with Crippen molar-refractivity contribution >= 4 is 0 Å². The van der Waals surface area contributed by atoms with Crippen LogP contribution < -0.4 is 5.73 Å². The van der Waals surface area contributed by atoms with Gasteiger partial charge in [-0.25, -0.2) is 0 Å². The maximum absolute atomic E-state index is 6.04. The van der Waals surface area contributed by atoms with E-state index in [2.05, 4.69) is 24.0 Å². The maximum Gasteiger partial charge on any atom is 0.243 e. The second-order valence-electron chi connectivity index (χ2n) is 5.80. The molecule has 18 heavy (non-hydrogen) atoms. The van der Waals surface area contributed by atoms with Crippen LogP contribution in [0.4, 0.5) is 0 Å². The number of aromatic nitrogens is 2. The lowest BCUT2D eigenvalue weighted by Gasteiger charge is -2.16. The monoisotopic (exact) mass is 251 g/mol. The van der Waals surface area contributed by atoms with E-state index in [0.29, 0.717) is 17.7 Å². The van der Waals surface area contributed by atoms with Crippen molar-refractivity contribution in [2.75, 3.05) is 0 Å². The van der Waals surface area contributed by atoms with E-state index in [4.69, 9.17) is 10.3 Å². The SMILES string of the molecule is CC(C)C(N)c1nc(C2CCCCCCC2)no1. The summed E-state index contributed by atoms with van der Waals surface area (Å²) < 4.78 is 5.33. The Morgan fingerprint density at radius 1 is 1.11 bits per heavy atom. The van der Waals surface area contributed by atoms with Crippen LogP contribution in [0, 0.1) is 5.92 Å². The van der Waals surface area contributed by atoms with E-state index < -0.39 is 0 Å². The summed E-state index contributed by atoms with van der Waals surface area (Å²) >= 11 is 0. The molecule has 102 valence electrons. The van der Waals surface area contributed by atoms with Gasteiger partial charge in [-0.05, 0) is 18.8 Å². The molecule has 4 heteroatoms. The van der Waals surface area contributed by atoms with Gasteiger partial charge in [-0.15, -0.1) is 0 Å². The topological polar surface area (TPSA) is 64.9 Å². The first kappa shape index (κ1) is 13.5. The summed E-state index contributed by atoms with van der Waals surface area (Å²) in [7, 11) is 0. The lowest BCUT2D eigenvalue weighted by Crippen LogP contribution is -2.17. The Morgan fingerprint density at radius 2 is 1.72 bits per heavy atom. The van der Waals surface area contributed by atoms with Crippen LogP contribution >= 0.6 is 0 Å². The van der Waals surface area contributed by atoms with Crippen LogP contribution in [0.5, 0.6) is 0 Å². The summed E-state index contributed by atoms with van der Waals surface area (Å²) in [5.74, 6) is 2.28. The summed E-state index contributed by atoms with van der Waals surface area (Å²) in [6, 6.07) is -0.139. The molecular weight excluding hydrogens is 226 g/mol. The number of hydrogen-bond acceptors (Lipinski definition) is 4. The van der Waals surface area contributed by atoms with Gasteiger partial charge in [0, 0.05) is 5.92 Å². The van der Waals surface area contributed by atoms with E-state index in [1.807, 2.05) is 0 Å². The number of hydrogen-bond donors (Lipinski definition) is 1. The van der Waals surface area contributed by atoms with Gasteiger partial charge in [0.2, 0.25) is 5.89 Å². The smallest absolute Gasteiger partial charge is 0.243 e. The third-order valence-corrected chi connectivity index (χ3v) is 3.93. The normalized spacial score (nSPS) is 20.7. The van der Waals surface area contributed by atoms with Crippen molar-refractivity contribution in [3.8, 4) is 0 Å². The van der Waals surface area contributed by atoms with E-state index >= 15 is 0 Å². The maximum atomic E-state index is 6.04. The molecule has 1 aromatic rings. The highest BCUT2D eigenvalue weighted by Crippen LogP contribution is 2.30. The second-order valence-corrected chi connectivity index (χ2v) is 5.80. The summed E-state index contributed by atoms with van der Waals surface area (Å²) in [6.45, 7) is 4.15. The van der Waals surface area contributed by atoms with E-state index in [0.717, 1.165) is 5.82 Å². The van der Waals surface area contributed by atoms with E-state index in [9.17, 15) is 0 Å². The lowest BCUT2D eigenvalue weighted by atomic mass is 9.91. The highest BCUT2D eigenvalue weighted by Gasteiger charge is 2.22. The van der Waals surface area contributed by atoms with Crippen molar-refractivity contribution in [3.05, 3.63) is 11.7 Å². The van der Waals surface area contributed by atoms with Crippen LogP contribution in [0.15, 0.2) is 4.52 Å². The van der Waals surface area contributed by atoms with Crippen LogP contribution in [-0.2, 0) is 0 Å². The van der Waals surface area contributed by atoms with Gasteiger partial charge in [0.15, 0.2) is 5.82 Å². The zero-order valence-corrected chi connectivity index (χ0v) is 11.6. The predicted molar refractivity (Wildman–Crippen MR) is 71.1 cm³/mol. The molecule has 1 aliphatic rings. The van der Waals surface area contributed by atoms with Gasteiger partial charge in [0.1, 0.15) is 0 Å². The number of rotatable bonds is 3. The van der Waals surface area contributed by atoms with Crippen molar-refractivity contribution in [1.82, 2.24) is 10.1 Å². The molecule has 0 aromatic carbocycles.